The van der Waals surface area contributed by atoms with Crippen molar-refractivity contribution in [3.8, 4) is 0 Å². The van der Waals surface area contributed by atoms with Crippen molar-refractivity contribution in [2.75, 3.05) is 10.7 Å². The van der Waals surface area contributed by atoms with Crippen LogP contribution < -0.4 is 10.6 Å². The van der Waals surface area contributed by atoms with E-state index in [2.05, 4.69) is 27.8 Å². The van der Waals surface area contributed by atoms with Crippen LogP contribution >= 0.6 is 11.8 Å². The molecule has 0 spiro atoms. The molecular weight excluding hydrogens is 362 g/mol. The summed E-state index contributed by atoms with van der Waals surface area (Å²) in [6.45, 7) is 2.08. The Bertz CT molecular complexity index is 877. The first-order chi connectivity index (χ1) is 13.0. The summed E-state index contributed by atoms with van der Waals surface area (Å²) < 4.78 is 2.09. The molecule has 1 aliphatic carbocycles. The van der Waals surface area contributed by atoms with Crippen molar-refractivity contribution in [3.05, 3.63) is 35.7 Å². The van der Waals surface area contributed by atoms with E-state index >= 15 is 0 Å². The molecule has 142 valence electrons. The van der Waals surface area contributed by atoms with Crippen molar-refractivity contribution in [3.63, 3.8) is 0 Å². The fraction of sp³-hybridized carbons (Fsp3) is 0.474. The van der Waals surface area contributed by atoms with E-state index in [1.165, 1.54) is 17.3 Å². The number of nitrogens with two attached hydrogens (primary N) is 1. The number of anilines is 1. The molecule has 7 nitrogen and oxygen atoms in total. The maximum atomic E-state index is 12.9. The van der Waals surface area contributed by atoms with Crippen LogP contribution in [0.3, 0.4) is 0 Å². The van der Waals surface area contributed by atoms with Gasteiger partial charge in [-0.1, -0.05) is 30.0 Å². The lowest BCUT2D eigenvalue weighted by Crippen LogP contribution is -2.37. The summed E-state index contributed by atoms with van der Waals surface area (Å²) in [5.41, 5.74) is 7.49. The normalized spacial score (nSPS) is 18.6. The molecule has 1 atom stereocenters. The van der Waals surface area contributed by atoms with Crippen molar-refractivity contribution in [2.24, 2.45) is 5.73 Å². The van der Waals surface area contributed by atoms with Gasteiger partial charge in [-0.15, -0.1) is 10.2 Å². The first-order valence-electron chi connectivity index (χ1n) is 9.29. The first kappa shape index (κ1) is 18.0. The molecule has 0 saturated heterocycles. The smallest absolute Gasteiger partial charge is 0.237 e. The lowest BCUT2D eigenvalue weighted by atomic mass is 10.1. The molecule has 1 saturated carbocycles. The zero-order chi connectivity index (χ0) is 19.0. The molecular formula is C19H23N5O2S. The number of nitrogens with zero attached hydrogens (tertiary/aromatic N) is 4. The standard InChI is InChI=1S/C19H23N5O2S/c1-12-10-13-4-2-3-5-15(13)23(12)18(26)11-27-19-22-21-17(9-8-16(20)25)24(19)14-6-7-14/h2-5,12,14H,6-11H2,1H3,(H2,20,25)/t12-/m0/s1. The van der Waals surface area contributed by atoms with E-state index in [9.17, 15) is 9.59 Å². The van der Waals surface area contributed by atoms with E-state index < -0.39 is 0 Å². The number of thioether (sulfide) groups is 1. The fourth-order valence-electron chi connectivity index (χ4n) is 3.65. The summed E-state index contributed by atoms with van der Waals surface area (Å²) in [5, 5.41) is 9.26. The molecule has 2 aliphatic rings. The van der Waals surface area contributed by atoms with Gasteiger partial charge in [0.2, 0.25) is 11.8 Å². The van der Waals surface area contributed by atoms with Gasteiger partial charge in [-0.2, -0.15) is 0 Å². The number of amides is 2. The third-order valence-corrected chi connectivity index (χ3v) is 5.97. The molecule has 2 N–H and O–H groups in total. The van der Waals surface area contributed by atoms with Crippen LogP contribution in [0.4, 0.5) is 5.69 Å². The Hall–Kier alpha value is -2.35. The number of carbonyl (C=O) groups is 2. The number of carbonyl (C=O) groups excluding carboxylic acids is 2. The Morgan fingerprint density at radius 2 is 2.04 bits per heavy atom. The molecule has 1 aromatic carbocycles. The van der Waals surface area contributed by atoms with Crippen molar-refractivity contribution < 1.29 is 9.59 Å². The Morgan fingerprint density at radius 1 is 1.26 bits per heavy atom. The number of primary amides is 1. The summed E-state index contributed by atoms with van der Waals surface area (Å²) in [6, 6.07) is 8.63. The minimum Gasteiger partial charge on any atom is -0.370 e. The quantitative estimate of drug-likeness (QED) is 0.737. The van der Waals surface area contributed by atoms with Gasteiger partial charge < -0.3 is 15.2 Å². The van der Waals surface area contributed by atoms with Gasteiger partial charge in [0.1, 0.15) is 5.82 Å². The van der Waals surface area contributed by atoms with Crippen LogP contribution in [-0.2, 0) is 22.4 Å². The second-order valence-corrected chi connectivity index (χ2v) is 8.14. The summed E-state index contributed by atoms with van der Waals surface area (Å²) in [4.78, 5) is 25.9. The highest BCUT2D eigenvalue weighted by atomic mass is 32.2. The number of rotatable bonds is 7. The van der Waals surface area contributed by atoms with E-state index in [-0.39, 0.29) is 24.3 Å². The monoisotopic (exact) mass is 385 g/mol. The Balaban J connectivity index is 1.46. The molecule has 0 unspecified atom stereocenters. The molecule has 1 fully saturated rings. The van der Waals surface area contributed by atoms with Gasteiger partial charge >= 0.3 is 0 Å². The lowest BCUT2D eigenvalue weighted by Gasteiger charge is -2.22. The Kier molecular flexibility index (Phi) is 4.90. The molecule has 8 heteroatoms. The van der Waals surface area contributed by atoms with Crippen LogP contribution in [0.15, 0.2) is 29.4 Å². The maximum absolute atomic E-state index is 12.9. The summed E-state index contributed by atoms with van der Waals surface area (Å²) in [5.74, 6) is 0.846. The van der Waals surface area contributed by atoms with E-state index in [0.717, 1.165) is 35.9 Å². The number of para-hydroxylation sites is 1. The van der Waals surface area contributed by atoms with Crippen LogP contribution in [0.1, 0.15) is 43.6 Å². The third-order valence-electron chi connectivity index (χ3n) is 5.04. The summed E-state index contributed by atoms with van der Waals surface area (Å²) >= 11 is 1.42. The van der Waals surface area contributed by atoms with Crippen molar-refractivity contribution >= 4 is 29.3 Å². The molecule has 4 rings (SSSR count). The van der Waals surface area contributed by atoms with Gasteiger partial charge in [0.25, 0.3) is 0 Å². The highest BCUT2D eigenvalue weighted by Crippen LogP contribution is 2.39. The highest BCUT2D eigenvalue weighted by Gasteiger charge is 2.32. The molecule has 2 amide bonds. The van der Waals surface area contributed by atoms with Gasteiger partial charge in [-0.05, 0) is 37.8 Å². The molecule has 1 aliphatic heterocycles. The minimum atomic E-state index is -0.341. The molecule has 2 aromatic rings. The second kappa shape index (κ2) is 7.34. The molecule has 2 heterocycles. The van der Waals surface area contributed by atoms with Crippen molar-refractivity contribution in [2.45, 2.75) is 56.3 Å². The maximum Gasteiger partial charge on any atom is 0.237 e. The van der Waals surface area contributed by atoms with E-state index in [1.807, 2.05) is 23.1 Å². The Morgan fingerprint density at radius 3 is 2.78 bits per heavy atom. The van der Waals surface area contributed by atoms with Gasteiger partial charge in [0.15, 0.2) is 5.16 Å². The van der Waals surface area contributed by atoms with Crippen LogP contribution in [-0.4, -0.2) is 38.4 Å². The largest absolute Gasteiger partial charge is 0.370 e. The topological polar surface area (TPSA) is 94.1 Å². The van der Waals surface area contributed by atoms with Crippen molar-refractivity contribution in [1.29, 1.82) is 0 Å². The van der Waals surface area contributed by atoms with Crippen LogP contribution in [0.25, 0.3) is 0 Å². The Labute approximate surface area is 162 Å². The first-order valence-corrected chi connectivity index (χ1v) is 10.3. The zero-order valence-corrected chi connectivity index (χ0v) is 16.1. The van der Waals surface area contributed by atoms with Gasteiger partial charge in [-0.25, -0.2) is 0 Å². The molecule has 1 aromatic heterocycles. The van der Waals surface area contributed by atoms with E-state index in [1.54, 1.807) is 0 Å². The lowest BCUT2D eigenvalue weighted by molar-refractivity contribution is -0.118. The second-order valence-electron chi connectivity index (χ2n) is 7.20. The van der Waals surface area contributed by atoms with Crippen LogP contribution in [0.5, 0.6) is 0 Å². The van der Waals surface area contributed by atoms with Gasteiger partial charge in [0, 0.05) is 30.6 Å². The molecule has 0 radical (unpaired) electrons. The van der Waals surface area contributed by atoms with Crippen molar-refractivity contribution in [1.82, 2.24) is 14.8 Å². The average molecular weight is 385 g/mol. The number of aryl methyl sites for hydroxylation is 1. The zero-order valence-electron chi connectivity index (χ0n) is 15.3. The number of benzene rings is 1. The van der Waals surface area contributed by atoms with Crippen LogP contribution in [0, 0.1) is 0 Å². The third kappa shape index (κ3) is 3.71. The number of fused-ring (bicyclic) bond motifs is 1. The van der Waals surface area contributed by atoms with E-state index in [4.69, 9.17) is 5.73 Å². The van der Waals surface area contributed by atoms with E-state index in [0.29, 0.717) is 18.2 Å². The number of hydrogen-bond acceptors (Lipinski definition) is 5. The fourth-order valence-corrected chi connectivity index (χ4v) is 4.54. The predicted molar refractivity (Wildman–Crippen MR) is 104 cm³/mol. The highest BCUT2D eigenvalue weighted by molar-refractivity contribution is 7.99. The van der Waals surface area contributed by atoms with Crippen LogP contribution in [0.2, 0.25) is 0 Å². The SMILES string of the molecule is C[C@H]1Cc2ccccc2N1C(=O)CSc1nnc(CCC(N)=O)n1C1CC1. The van der Waals surface area contributed by atoms with Gasteiger partial charge in [0.05, 0.1) is 5.75 Å². The number of hydrogen-bond donors (Lipinski definition) is 1. The van der Waals surface area contributed by atoms with Gasteiger partial charge in [-0.3, -0.25) is 9.59 Å². The summed E-state index contributed by atoms with van der Waals surface area (Å²) in [7, 11) is 0. The predicted octanol–water partition coefficient (Wildman–Crippen LogP) is 2.10. The molecule has 0 bridgehead atoms. The minimum absolute atomic E-state index is 0.0847. The number of aromatic nitrogens is 3. The average Bonchev–Trinajstić information content (AvgIpc) is 3.30. The molecule has 27 heavy (non-hydrogen) atoms. The summed E-state index contributed by atoms with van der Waals surface area (Å²) in [6.07, 6.45) is 3.81.